The van der Waals surface area contributed by atoms with Gasteiger partial charge in [-0.2, -0.15) is 0 Å². The minimum atomic E-state index is 0.0615. The molecule has 5 atom stereocenters. The molecular weight excluding hydrogens is 641 g/mol. The molecule has 5 unspecified atom stereocenters. The summed E-state index contributed by atoms with van der Waals surface area (Å²) in [5.74, 6) is 0.962. The highest BCUT2D eigenvalue weighted by atomic mass is 15.3. The average molecular weight is 699 g/mol. The lowest BCUT2D eigenvalue weighted by molar-refractivity contribution is 0.217. The van der Waals surface area contributed by atoms with Gasteiger partial charge in [0.1, 0.15) is 36.6 Å². The summed E-state index contributed by atoms with van der Waals surface area (Å²) in [5.41, 5.74) is 6.49. The fourth-order valence-corrected chi connectivity index (χ4v) is 6.33. The molecule has 8 aliphatic rings. The highest BCUT2D eigenvalue weighted by molar-refractivity contribution is 6.14. The van der Waals surface area contributed by atoms with E-state index in [1.165, 1.54) is 11.1 Å². The monoisotopic (exact) mass is 698 g/mol. The number of allylic oxidation sites excluding steroid dienone is 8. The fourth-order valence-electron chi connectivity index (χ4n) is 6.33. The van der Waals surface area contributed by atoms with Gasteiger partial charge in [-0.15, -0.1) is 0 Å². The van der Waals surface area contributed by atoms with Gasteiger partial charge in [0.25, 0.3) is 0 Å². The highest BCUT2D eigenvalue weighted by Gasteiger charge is 2.34. The summed E-state index contributed by atoms with van der Waals surface area (Å²) < 4.78 is 0. The molecule has 0 fully saturated rings. The van der Waals surface area contributed by atoms with Crippen molar-refractivity contribution in [1.29, 1.82) is 0 Å². The van der Waals surface area contributed by atoms with Crippen LogP contribution in [-0.2, 0) is 0 Å². The predicted octanol–water partition coefficient (Wildman–Crippen LogP) is 9.13. The van der Waals surface area contributed by atoms with E-state index in [4.69, 9.17) is 0 Å². The molecule has 8 rings (SSSR count). The van der Waals surface area contributed by atoms with Crippen LogP contribution in [0.1, 0.15) is 83.1 Å². The molecule has 0 amide bonds. The van der Waals surface area contributed by atoms with Crippen LogP contribution < -0.4 is 0 Å². The average Bonchev–Trinajstić information content (AvgIpc) is 3.89. The first-order chi connectivity index (χ1) is 24.3. The van der Waals surface area contributed by atoms with Crippen molar-refractivity contribution in [3.8, 4) is 0 Å². The van der Waals surface area contributed by atoms with Crippen LogP contribution >= 0.6 is 0 Å². The van der Waals surface area contributed by atoms with Crippen LogP contribution in [0, 0.1) is 16.2 Å². The van der Waals surface area contributed by atoms with E-state index < -0.39 is 0 Å². The number of hydrogen-bond donors (Lipinski definition) is 0. The predicted molar refractivity (Wildman–Crippen MR) is 225 cm³/mol. The molecule has 0 saturated heterocycles. The summed E-state index contributed by atoms with van der Waals surface area (Å²) in [6.07, 6.45) is 34.7. The van der Waals surface area contributed by atoms with E-state index in [2.05, 4.69) is 190 Å². The minimum Gasteiger partial charge on any atom is -0.349 e. The minimum absolute atomic E-state index is 0.0615. The molecule has 52 heavy (non-hydrogen) atoms. The maximum absolute atomic E-state index is 4.56. The van der Waals surface area contributed by atoms with E-state index in [-0.39, 0.29) is 39.9 Å². The normalized spacial score (nSPS) is 27.0. The van der Waals surface area contributed by atoms with Crippen LogP contribution in [0.2, 0.25) is 0 Å². The number of fused-ring (bicyclic) bond motifs is 4. The number of amidine groups is 1. The van der Waals surface area contributed by atoms with Crippen molar-refractivity contribution in [1.82, 2.24) is 4.90 Å². The summed E-state index contributed by atoms with van der Waals surface area (Å²) in [7, 11) is 0. The molecule has 4 heterocycles. The molecule has 0 radical (unpaired) electrons. The summed E-state index contributed by atoms with van der Waals surface area (Å²) in [5, 5.41) is 0. The van der Waals surface area contributed by atoms with E-state index in [0.717, 1.165) is 23.0 Å². The third kappa shape index (κ3) is 9.44. The van der Waals surface area contributed by atoms with Crippen molar-refractivity contribution < 1.29 is 0 Å². The van der Waals surface area contributed by atoms with Crippen molar-refractivity contribution in [3.63, 3.8) is 0 Å². The van der Waals surface area contributed by atoms with E-state index in [0.29, 0.717) is 12.1 Å². The van der Waals surface area contributed by atoms with Crippen LogP contribution in [0.4, 0.5) is 0 Å². The first-order valence-electron chi connectivity index (χ1n) is 18.5. The lowest BCUT2D eigenvalue weighted by atomic mass is 9.79. The Kier molecular flexibility index (Phi) is 11.3. The van der Waals surface area contributed by atoms with E-state index in [1.807, 2.05) is 24.6 Å². The molecule has 0 saturated carbocycles. The summed E-state index contributed by atoms with van der Waals surface area (Å²) in [6, 6.07) is 1.32. The number of hydrogen-bond acceptors (Lipinski definition) is 8. The number of rotatable bonds is 0. The molecule has 0 N–H and O–H groups in total. The van der Waals surface area contributed by atoms with Crippen molar-refractivity contribution in [2.24, 2.45) is 51.2 Å². The topological polar surface area (TPSA) is 89.8 Å². The summed E-state index contributed by atoms with van der Waals surface area (Å²) in [4.78, 5) is 32.9. The Morgan fingerprint density at radius 2 is 1.25 bits per heavy atom. The maximum atomic E-state index is 4.56. The lowest BCUT2D eigenvalue weighted by Gasteiger charge is -2.37. The van der Waals surface area contributed by atoms with E-state index in [9.17, 15) is 0 Å². The van der Waals surface area contributed by atoms with Crippen molar-refractivity contribution in [2.75, 3.05) is 0 Å². The molecular formula is C44H58N8. The number of nitrogens with zero attached hydrogens (tertiary/aromatic N) is 8. The van der Waals surface area contributed by atoms with Gasteiger partial charge in [-0.1, -0.05) is 135 Å². The Balaban J connectivity index is 0.000000134. The van der Waals surface area contributed by atoms with Crippen LogP contribution in [0.5, 0.6) is 0 Å². The molecule has 0 spiro atoms. The molecule has 8 heteroatoms. The van der Waals surface area contributed by atoms with Crippen LogP contribution in [0.15, 0.2) is 131 Å². The Morgan fingerprint density at radius 1 is 0.577 bits per heavy atom. The standard InChI is InChI=1S/2C11H14N2.C11H16N2.C11H14N2/c1-11(2,3)8-4-5-9-10(6-8)13-7-12-9;1-11(2,3)8-5-4-6-9-10(8)13-7-12-9;1-11(2,3)13-8-12-9-6-4-5-7-10(9)13;1-11(2,3)10-12-8-6-4-5-7-9(8)13-10/h2*4-7,9H,1-3H3;4-10H,1-3H3;4-8H,1-3H3. The smallest absolute Gasteiger partial charge is 0.130 e. The van der Waals surface area contributed by atoms with Crippen LogP contribution in [0.25, 0.3) is 0 Å². The first-order valence-corrected chi connectivity index (χ1v) is 18.5. The van der Waals surface area contributed by atoms with Gasteiger partial charge >= 0.3 is 0 Å². The van der Waals surface area contributed by atoms with E-state index in [1.54, 1.807) is 12.7 Å². The van der Waals surface area contributed by atoms with Crippen molar-refractivity contribution in [2.45, 2.75) is 119 Å². The lowest BCUT2D eigenvalue weighted by Crippen LogP contribution is -2.46. The zero-order chi connectivity index (χ0) is 37.9. The fraction of sp³-hybridized carbons (Fsp3) is 0.477. The quantitative estimate of drug-likeness (QED) is 0.248. The SMILES string of the molecule is CC(C)(C)C1=CC2=NC=NC2C=C1.CC(C)(C)C1=CC=CC2N=CN=C12.CC(C)(C)C1=NC2C=CC=CC2=N1.CC(C)(C)N1C=NC2C=CC=CC21. The Labute approximate surface area is 312 Å². The second kappa shape index (κ2) is 15.2. The zero-order valence-corrected chi connectivity index (χ0v) is 33.3. The van der Waals surface area contributed by atoms with Gasteiger partial charge in [0.05, 0.1) is 35.6 Å². The van der Waals surface area contributed by atoms with Crippen LogP contribution in [0.3, 0.4) is 0 Å². The van der Waals surface area contributed by atoms with Crippen molar-refractivity contribution >= 4 is 42.0 Å². The van der Waals surface area contributed by atoms with Gasteiger partial charge in [-0.3, -0.25) is 20.0 Å². The maximum Gasteiger partial charge on any atom is 0.130 e. The third-order valence-corrected chi connectivity index (χ3v) is 9.39. The Hall–Kier alpha value is -4.59. The number of aliphatic imine (C=N–C) groups is 7. The van der Waals surface area contributed by atoms with Gasteiger partial charge in [0.2, 0.25) is 0 Å². The second-order valence-electron chi connectivity index (χ2n) is 17.9. The van der Waals surface area contributed by atoms with E-state index >= 15 is 0 Å². The molecule has 0 bridgehead atoms. The summed E-state index contributed by atoms with van der Waals surface area (Å²) in [6.45, 7) is 26.3. The molecule has 0 aromatic carbocycles. The van der Waals surface area contributed by atoms with Gasteiger partial charge in [-0.05, 0) is 54.9 Å². The third-order valence-electron chi connectivity index (χ3n) is 9.39. The van der Waals surface area contributed by atoms with Crippen molar-refractivity contribution in [3.05, 3.63) is 96.2 Å². The van der Waals surface area contributed by atoms with Gasteiger partial charge in [0.15, 0.2) is 0 Å². The molecule has 0 aromatic rings. The molecule has 8 nitrogen and oxygen atoms in total. The molecule has 4 aliphatic heterocycles. The molecule has 0 aromatic heterocycles. The largest absolute Gasteiger partial charge is 0.349 e. The first kappa shape index (κ1) is 38.6. The molecule has 4 aliphatic carbocycles. The highest BCUT2D eigenvalue weighted by Crippen LogP contribution is 2.32. The Morgan fingerprint density at radius 3 is 1.92 bits per heavy atom. The molecule has 274 valence electrons. The second-order valence-corrected chi connectivity index (χ2v) is 17.9. The van der Waals surface area contributed by atoms with Gasteiger partial charge < -0.3 is 4.90 Å². The Bertz CT molecular complexity index is 1830. The van der Waals surface area contributed by atoms with Gasteiger partial charge in [-0.25, -0.2) is 15.0 Å². The van der Waals surface area contributed by atoms with Gasteiger partial charge in [0, 0.05) is 11.0 Å². The zero-order valence-electron chi connectivity index (χ0n) is 33.3. The summed E-state index contributed by atoms with van der Waals surface area (Å²) >= 11 is 0. The van der Waals surface area contributed by atoms with Crippen LogP contribution in [-0.4, -0.2) is 82.6 Å².